The van der Waals surface area contributed by atoms with Crippen molar-refractivity contribution in [3.8, 4) is 0 Å². The van der Waals surface area contributed by atoms with Gasteiger partial charge in [-0.1, -0.05) is 0 Å². The molecule has 1 atom stereocenters. The number of halogens is 3. The number of carboxylic acid groups (broad SMARTS) is 1. The Kier molecular flexibility index (Phi) is 7.35. The predicted octanol–water partition coefficient (Wildman–Crippen LogP) is 4.54. The van der Waals surface area contributed by atoms with Crippen molar-refractivity contribution in [2.24, 2.45) is 0 Å². The molecule has 11 heteroatoms. The molecule has 1 aromatic carbocycles. The summed E-state index contributed by atoms with van der Waals surface area (Å²) in [6.45, 7) is 5.44. The standard InChI is InChI=1S/C19H21F3N5O2.3CH3.Sn/c1-3-13-8-15(27-7-6-26(18(28)29)11-12(27)2)4-5-16(13)25-17-23-9-14(10-24-17)19(20,21)22;;;;/h4-5,8-9,12H,3,6-7,11H2,1-2H3,(H,28,29)(H,23,24,25);3*1H3;/t12-;;;;/m0..../s1. The van der Waals surface area contributed by atoms with Gasteiger partial charge in [0.15, 0.2) is 0 Å². The fraction of sp³-hybridized carbons (Fsp3) is 0.500. The van der Waals surface area contributed by atoms with E-state index in [1.54, 1.807) is 0 Å². The molecule has 0 saturated carbocycles. The number of rotatable bonds is 5. The minimum atomic E-state index is -4.48. The normalized spacial score (nSPS) is 17.3. The number of carbonyl (C=O) groups is 1. The van der Waals surface area contributed by atoms with E-state index >= 15 is 0 Å². The SMILES string of the molecule is CCc1cc(N2CCN(C(=O)O)C[C@@H]2C)ccc1Nc1ncc(C(F)(F)F)[c]([Sn]([CH3])([CH3])[CH3])n1. The van der Waals surface area contributed by atoms with Gasteiger partial charge in [0.2, 0.25) is 0 Å². The predicted molar refractivity (Wildman–Crippen MR) is 126 cm³/mol. The topological polar surface area (TPSA) is 81.6 Å². The number of amides is 1. The van der Waals surface area contributed by atoms with E-state index in [4.69, 9.17) is 0 Å². The van der Waals surface area contributed by atoms with Gasteiger partial charge in [0, 0.05) is 0 Å². The van der Waals surface area contributed by atoms with Crippen LogP contribution in [0, 0.1) is 0 Å². The van der Waals surface area contributed by atoms with Crippen LogP contribution in [0.2, 0.25) is 14.8 Å². The minimum absolute atomic E-state index is 0.0263. The summed E-state index contributed by atoms with van der Waals surface area (Å²) in [6, 6.07) is 5.87. The molecule has 1 aromatic heterocycles. The van der Waals surface area contributed by atoms with Crippen molar-refractivity contribution in [3.63, 3.8) is 0 Å². The first kappa shape index (κ1) is 25.4. The number of nitrogens with zero attached hydrogens (tertiary/aromatic N) is 4. The second-order valence-corrected chi connectivity index (χ2v) is 23.5. The fourth-order valence-electron chi connectivity index (χ4n) is 4.03. The zero-order valence-electron chi connectivity index (χ0n) is 19.5. The van der Waals surface area contributed by atoms with E-state index in [9.17, 15) is 23.1 Å². The van der Waals surface area contributed by atoms with Gasteiger partial charge in [-0.15, -0.1) is 0 Å². The number of alkyl halides is 3. The Morgan fingerprint density at radius 3 is 2.52 bits per heavy atom. The van der Waals surface area contributed by atoms with Crippen LogP contribution in [0.1, 0.15) is 25.0 Å². The third-order valence-electron chi connectivity index (χ3n) is 5.75. The summed E-state index contributed by atoms with van der Waals surface area (Å²) in [5, 5.41) is 12.3. The van der Waals surface area contributed by atoms with Crippen LogP contribution in [0.15, 0.2) is 24.4 Å². The molecule has 0 radical (unpaired) electrons. The van der Waals surface area contributed by atoms with E-state index in [0.717, 1.165) is 23.1 Å². The Morgan fingerprint density at radius 2 is 1.97 bits per heavy atom. The Morgan fingerprint density at radius 1 is 1.27 bits per heavy atom. The van der Waals surface area contributed by atoms with Gasteiger partial charge >= 0.3 is 186 Å². The van der Waals surface area contributed by atoms with E-state index < -0.39 is 36.2 Å². The molecule has 0 unspecified atom stereocenters. The molecule has 0 bridgehead atoms. The number of anilines is 3. The molecule has 2 aromatic rings. The Labute approximate surface area is 195 Å². The molecule has 1 amide bonds. The molecule has 1 saturated heterocycles. The molecular weight excluding hydrogens is 542 g/mol. The van der Waals surface area contributed by atoms with E-state index in [0.29, 0.717) is 26.1 Å². The first-order valence-electron chi connectivity index (χ1n) is 10.9. The Balaban J connectivity index is 1.87. The monoisotopic (exact) mass is 573 g/mol. The molecule has 2 N–H and O–H groups in total. The molecule has 1 aliphatic heterocycles. The zero-order chi connectivity index (χ0) is 24.6. The summed E-state index contributed by atoms with van der Waals surface area (Å²) in [6.07, 6.45) is -3.80. The first-order valence-corrected chi connectivity index (χ1v) is 20.9. The second-order valence-electron chi connectivity index (χ2n) is 9.29. The quantitative estimate of drug-likeness (QED) is 0.513. The van der Waals surface area contributed by atoms with Gasteiger partial charge in [0.05, 0.1) is 0 Å². The number of aromatic nitrogens is 2. The van der Waals surface area contributed by atoms with Crippen LogP contribution >= 0.6 is 0 Å². The van der Waals surface area contributed by atoms with Crippen molar-refractivity contribution in [3.05, 3.63) is 35.5 Å². The van der Waals surface area contributed by atoms with Crippen molar-refractivity contribution in [2.75, 3.05) is 29.9 Å². The van der Waals surface area contributed by atoms with E-state index in [2.05, 4.69) is 20.2 Å². The van der Waals surface area contributed by atoms with Gasteiger partial charge < -0.3 is 5.11 Å². The molecule has 33 heavy (non-hydrogen) atoms. The van der Waals surface area contributed by atoms with Crippen molar-refractivity contribution < 1.29 is 23.1 Å². The zero-order valence-corrected chi connectivity index (χ0v) is 22.3. The van der Waals surface area contributed by atoms with Gasteiger partial charge in [-0.05, 0) is 0 Å². The van der Waals surface area contributed by atoms with Gasteiger partial charge in [-0.2, -0.15) is 0 Å². The summed E-state index contributed by atoms with van der Waals surface area (Å²) in [7, 11) is 0. The summed E-state index contributed by atoms with van der Waals surface area (Å²) >= 11 is -3.18. The number of nitrogens with one attached hydrogen (secondary N) is 1. The van der Waals surface area contributed by atoms with Gasteiger partial charge in [-0.3, -0.25) is 0 Å². The van der Waals surface area contributed by atoms with Crippen LogP contribution in [0.3, 0.4) is 0 Å². The van der Waals surface area contributed by atoms with E-state index in [1.807, 2.05) is 46.9 Å². The van der Waals surface area contributed by atoms with E-state index in [1.165, 1.54) is 4.90 Å². The number of aryl methyl sites for hydroxylation is 1. The van der Waals surface area contributed by atoms with Crippen LogP contribution < -0.4 is 13.9 Å². The molecule has 180 valence electrons. The third-order valence-corrected chi connectivity index (χ3v) is 10.9. The molecule has 0 aliphatic carbocycles. The summed E-state index contributed by atoms with van der Waals surface area (Å²) in [5.41, 5.74) is 1.96. The van der Waals surface area contributed by atoms with E-state index in [-0.39, 0.29) is 15.7 Å². The third kappa shape index (κ3) is 5.82. The number of hydrogen-bond donors (Lipinski definition) is 2. The number of hydrogen-bond acceptors (Lipinski definition) is 5. The second kappa shape index (κ2) is 9.55. The van der Waals surface area contributed by atoms with Crippen LogP contribution in [-0.2, 0) is 12.6 Å². The van der Waals surface area contributed by atoms with Crippen LogP contribution in [0.4, 0.5) is 35.3 Å². The first-order chi connectivity index (χ1) is 15.3. The van der Waals surface area contributed by atoms with Crippen molar-refractivity contribution in [2.45, 2.75) is 47.3 Å². The molecule has 0 spiro atoms. The Bertz CT molecular complexity index is 1030. The van der Waals surface area contributed by atoms with Crippen molar-refractivity contribution in [1.82, 2.24) is 14.9 Å². The number of benzene rings is 1. The van der Waals surface area contributed by atoms with Gasteiger partial charge in [0.1, 0.15) is 0 Å². The average molecular weight is 572 g/mol. The maximum absolute atomic E-state index is 13.5. The molecular formula is C22H30F3N5O2Sn. The molecule has 7 nitrogen and oxygen atoms in total. The van der Waals surface area contributed by atoms with Gasteiger partial charge in [-0.25, -0.2) is 4.79 Å². The number of piperazine rings is 1. The average Bonchev–Trinajstić information content (AvgIpc) is 2.72. The molecule has 1 fully saturated rings. The molecule has 1 aliphatic rings. The summed E-state index contributed by atoms with van der Waals surface area (Å²) in [5.74, 6) is 0.163. The molecule has 3 rings (SSSR count). The van der Waals surface area contributed by atoms with Crippen LogP contribution in [0.5, 0.6) is 0 Å². The van der Waals surface area contributed by atoms with Crippen LogP contribution in [-0.4, -0.2) is 70.1 Å². The fourth-order valence-corrected chi connectivity index (χ4v) is 8.18. The maximum atomic E-state index is 13.5. The molecule has 2 heterocycles. The van der Waals surface area contributed by atoms with Gasteiger partial charge in [0.25, 0.3) is 0 Å². The van der Waals surface area contributed by atoms with Crippen molar-refractivity contribution >= 4 is 45.5 Å². The Hall–Kier alpha value is -2.24. The van der Waals surface area contributed by atoms with Crippen molar-refractivity contribution in [1.29, 1.82) is 0 Å². The van der Waals surface area contributed by atoms with Crippen LogP contribution in [0.25, 0.3) is 0 Å². The summed E-state index contributed by atoms with van der Waals surface area (Å²) < 4.78 is 40.6. The summed E-state index contributed by atoms with van der Waals surface area (Å²) in [4.78, 5) is 28.8.